The molecule has 0 spiro atoms. The van der Waals surface area contributed by atoms with Gasteiger partial charge in [-0.1, -0.05) is 13.8 Å². The molecule has 21 heavy (non-hydrogen) atoms. The molecule has 0 unspecified atom stereocenters. The van der Waals surface area contributed by atoms with Gasteiger partial charge in [0.05, 0.1) is 0 Å². The lowest BCUT2D eigenvalue weighted by molar-refractivity contribution is -0.116. The van der Waals surface area contributed by atoms with E-state index in [2.05, 4.69) is 24.1 Å². The first-order valence-corrected chi connectivity index (χ1v) is 7.85. The van der Waals surface area contributed by atoms with Gasteiger partial charge in [0.15, 0.2) is 0 Å². The highest BCUT2D eigenvalue weighted by Crippen LogP contribution is 2.27. The Kier molecular flexibility index (Phi) is 5.23. The summed E-state index contributed by atoms with van der Waals surface area (Å²) in [6.07, 6.45) is 3.11. The smallest absolute Gasteiger partial charge is 0.225 e. The van der Waals surface area contributed by atoms with Gasteiger partial charge in [-0.3, -0.25) is 9.69 Å². The molecule has 1 aromatic rings. The number of nitrogens with two attached hydrogens (primary N) is 1. The van der Waals surface area contributed by atoms with Gasteiger partial charge in [-0.2, -0.15) is 0 Å². The average Bonchev–Trinajstić information content (AvgIpc) is 3.22. The lowest BCUT2D eigenvalue weighted by Gasteiger charge is -2.23. The molecule has 1 aliphatic rings. The van der Waals surface area contributed by atoms with Gasteiger partial charge in [0.2, 0.25) is 5.91 Å². The summed E-state index contributed by atoms with van der Waals surface area (Å²) in [5, 5.41) is 2.98. The predicted octanol–water partition coefficient (Wildman–Crippen LogP) is 3.03. The summed E-state index contributed by atoms with van der Waals surface area (Å²) in [6.45, 7) is 8.35. The summed E-state index contributed by atoms with van der Waals surface area (Å²) >= 11 is 0. The summed E-state index contributed by atoms with van der Waals surface area (Å²) in [6, 6.07) is 6.27. The van der Waals surface area contributed by atoms with Gasteiger partial charge in [-0.15, -0.1) is 0 Å². The first-order valence-electron chi connectivity index (χ1n) is 7.85. The van der Waals surface area contributed by atoms with Crippen LogP contribution in [0.3, 0.4) is 0 Å². The van der Waals surface area contributed by atoms with Crippen LogP contribution in [0.2, 0.25) is 0 Å². The fourth-order valence-electron chi connectivity index (χ4n) is 2.62. The molecular weight excluding hydrogens is 262 g/mol. The number of anilines is 2. The third-order valence-corrected chi connectivity index (χ3v) is 3.81. The fourth-order valence-corrected chi connectivity index (χ4v) is 2.62. The predicted molar refractivity (Wildman–Crippen MR) is 88.3 cm³/mol. The average molecular weight is 289 g/mol. The molecule has 4 heteroatoms. The molecule has 1 saturated carbocycles. The first-order chi connectivity index (χ1) is 9.95. The van der Waals surface area contributed by atoms with Gasteiger partial charge in [-0.05, 0) is 49.4 Å². The molecule has 2 rings (SSSR count). The van der Waals surface area contributed by atoms with Gasteiger partial charge >= 0.3 is 0 Å². The second kappa shape index (κ2) is 6.94. The molecule has 0 heterocycles. The second-order valence-corrected chi connectivity index (χ2v) is 6.49. The maximum absolute atomic E-state index is 12.1. The van der Waals surface area contributed by atoms with Crippen LogP contribution in [0.25, 0.3) is 0 Å². The summed E-state index contributed by atoms with van der Waals surface area (Å²) in [4.78, 5) is 14.6. The molecule has 3 N–H and O–H groups in total. The lowest BCUT2D eigenvalue weighted by Crippen LogP contribution is -2.33. The molecule has 0 atom stereocenters. The Labute approximate surface area is 127 Å². The number of carbonyl (C=O) groups excluding carboxylic acids is 1. The number of hydrogen-bond acceptors (Lipinski definition) is 3. The van der Waals surface area contributed by atoms with Crippen molar-refractivity contribution in [3.63, 3.8) is 0 Å². The molecule has 0 radical (unpaired) electrons. The van der Waals surface area contributed by atoms with E-state index in [9.17, 15) is 4.79 Å². The number of nitrogens with zero attached hydrogens (tertiary/aromatic N) is 1. The topological polar surface area (TPSA) is 58.4 Å². The van der Waals surface area contributed by atoms with E-state index in [4.69, 9.17) is 5.73 Å². The summed E-state index contributed by atoms with van der Waals surface area (Å²) < 4.78 is 0. The lowest BCUT2D eigenvalue weighted by atomic mass is 10.1. The molecule has 0 aliphatic heterocycles. The number of carbonyl (C=O) groups is 1. The largest absolute Gasteiger partial charge is 0.399 e. The van der Waals surface area contributed by atoms with E-state index in [0.717, 1.165) is 30.0 Å². The van der Waals surface area contributed by atoms with Crippen LogP contribution in [0.15, 0.2) is 18.2 Å². The van der Waals surface area contributed by atoms with Gasteiger partial charge in [0, 0.05) is 36.9 Å². The fraction of sp³-hybridized carbons (Fsp3) is 0.588. The van der Waals surface area contributed by atoms with Crippen molar-refractivity contribution >= 4 is 17.3 Å². The molecule has 1 aliphatic carbocycles. The third-order valence-electron chi connectivity index (χ3n) is 3.81. The molecule has 1 amide bonds. The molecule has 116 valence electrons. The van der Waals surface area contributed by atoms with E-state index in [1.54, 1.807) is 0 Å². The maximum atomic E-state index is 12.1. The van der Waals surface area contributed by atoms with E-state index in [1.807, 2.05) is 25.1 Å². The van der Waals surface area contributed by atoms with E-state index in [1.165, 1.54) is 12.8 Å². The van der Waals surface area contributed by atoms with Crippen molar-refractivity contribution < 1.29 is 4.79 Å². The molecular formula is C17H27N3O. The van der Waals surface area contributed by atoms with Crippen LogP contribution < -0.4 is 11.1 Å². The molecule has 4 nitrogen and oxygen atoms in total. The van der Waals surface area contributed by atoms with E-state index < -0.39 is 0 Å². The summed E-state index contributed by atoms with van der Waals surface area (Å²) in [7, 11) is 0. The van der Waals surface area contributed by atoms with Gasteiger partial charge in [0.25, 0.3) is 0 Å². The quantitative estimate of drug-likeness (QED) is 0.759. The van der Waals surface area contributed by atoms with Crippen LogP contribution in [0.4, 0.5) is 11.4 Å². The van der Waals surface area contributed by atoms with Crippen LogP contribution in [-0.4, -0.2) is 29.9 Å². The van der Waals surface area contributed by atoms with E-state index in [0.29, 0.717) is 18.4 Å². The summed E-state index contributed by atoms with van der Waals surface area (Å²) in [5.74, 6) is 0.727. The molecule has 1 fully saturated rings. The number of rotatable bonds is 7. The minimum absolute atomic E-state index is 0.0808. The van der Waals surface area contributed by atoms with Crippen molar-refractivity contribution in [1.82, 2.24) is 4.90 Å². The highest BCUT2D eigenvalue weighted by Gasteiger charge is 2.29. The number of nitrogens with one attached hydrogen (secondary N) is 1. The van der Waals surface area contributed by atoms with Gasteiger partial charge < -0.3 is 11.1 Å². The zero-order valence-corrected chi connectivity index (χ0v) is 13.4. The minimum Gasteiger partial charge on any atom is -0.399 e. The molecule has 0 aromatic heterocycles. The molecule has 0 bridgehead atoms. The number of aryl methyl sites for hydroxylation is 1. The van der Waals surface area contributed by atoms with Crippen molar-refractivity contribution in [2.75, 3.05) is 24.1 Å². The van der Waals surface area contributed by atoms with Crippen molar-refractivity contribution in [1.29, 1.82) is 0 Å². The Balaban J connectivity index is 1.83. The van der Waals surface area contributed by atoms with E-state index >= 15 is 0 Å². The monoisotopic (exact) mass is 289 g/mol. The van der Waals surface area contributed by atoms with Crippen molar-refractivity contribution in [3.05, 3.63) is 23.8 Å². The van der Waals surface area contributed by atoms with Crippen molar-refractivity contribution in [2.45, 2.75) is 46.1 Å². The van der Waals surface area contributed by atoms with Crippen molar-refractivity contribution in [2.24, 2.45) is 5.92 Å². The second-order valence-electron chi connectivity index (χ2n) is 6.49. The Morgan fingerprint density at radius 1 is 1.43 bits per heavy atom. The number of amides is 1. The maximum Gasteiger partial charge on any atom is 0.225 e. The van der Waals surface area contributed by atoms with Gasteiger partial charge in [-0.25, -0.2) is 0 Å². The van der Waals surface area contributed by atoms with Crippen LogP contribution in [0, 0.1) is 12.8 Å². The number of hydrogen-bond donors (Lipinski definition) is 2. The van der Waals surface area contributed by atoms with Crippen LogP contribution in [0.5, 0.6) is 0 Å². The Morgan fingerprint density at radius 2 is 2.14 bits per heavy atom. The van der Waals surface area contributed by atoms with E-state index in [-0.39, 0.29) is 5.91 Å². The molecule has 1 aromatic carbocycles. The first kappa shape index (κ1) is 15.8. The number of benzene rings is 1. The van der Waals surface area contributed by atoms with Crippen LogP contribution >= 0.6 is 0 Å². The molecule has 0 saturated heterocycles. The van der Waals surface area contributed by atoms with Crippen molar-refractivity contribution in [3.8, 4) is 0 Å². The highest BCUT2D eigenvalue weighted by atomic mass is 16.1. The normalized spacial score (nSPS) is 14.7. The SMILES string of the molecule is Cc1cc(N)ccc1NC(=O)CCN(CC(C)C)C1CC1. The standard InChI is InChI=1S/C17H27N3O/c1-12(2)11-20(15-5-6-15)9-8-17(21)19-16-7-4-14(18)10-13(16)3/h4,7,10,12,15H,5-6,8-9,11,18H2,1-3H3,(H,19,21). The highest BCUT2D eigenvalue weighted by molar-refractivity contribution is 5.91. The third kappa shape index (κ3) is 5.05. The Bertz CT molecular complexity index is 495. The number of nitrogen functional groups attached to an aromatic ring is 1. The minimum atomic E-state index is 0.0808. The van der Waals surface area contributed by atoms with Crippen LogP contribution in [-0.2, 0) is 4.79 Å². The zero-order chi connectivity index (χ0) is 15.4. The Hall–Kier alpha value is -1.55. The summed E-state index contributed by atoms with van der Waals surface area (Å²) in [5.41, 5.74) is 8.31. The van der Waals surface area contributed by atoms with Crippen LogP contribution in [0.1, 0.15) is 38.7 Å². The Morgan fingerprint density at radius 3 is 2.71 bits per heavy atom. The zero-order valence-electron chi connectivity index (χ0n) is 13.4. The van der Waals surface area contributed by atoms with Gasteiger partial charge in [0.1, 0.15) is 0 Å².